The van der Waals surface area contributed by atoms with Crippen LogP contribution in [-0.2, 0) is 9.53 Å². The van der Waals surface area contributed by atoms with Gasteiger partial charge in [0.25, 0.3) is 5.78 Å². The zero-order chi connectivity index (χ0) is 14.4. The quantitative estimate of drug-likeness (QED) is 0.471. The van der Waals surface area contributed by atoms with E-state index in [4.69, 9.17) is 9.47 Å². The van der Waals surface area contributed by atoms with Crippen LogP contribution in [0.2, 0.25) is 0 Å². The Labute approximate surface area is 119 Å². The van der Waals surface area contributed by atoms with Crippen LogP contribution in [0.1, 0.15) is 49.4 Å². The number of esters is 1. The molecular formula is C16H20O4. The fourth-order valence-electron chi connectivity index (χ4n) is 2.43. The molecule has 1 fully saturated rings. The van der Waals surface area contributed by atoms with Crippen LogP contribution in [-0.4, -0.2) is 24.5 Å². The SMILES string of the molecule is CCOC(=O)C(=O)c1ccccc1OC1CCCCC1. The first kappa shape index (κ1) is 14.6. The fourth-order valence-corrected chi connectivity index (χ4v) is 2.43. The minimum Gasteiger partial charge on any atom is -0.490 e. The summed E-state index contributed by atoms with van der Waals surface area (Å²) in [6, 6.07) is 6.87. The van der Waals surface area contributed by atoms with Gasteiger partial charge in [-0.2, -0.15) is 0 Å². The third-order valence-corrected chi connectivity index (χ3v) is 3.44. The Balaban J connectivity index is 2.12. The van der Waals surface area contributed by atoms with Gasteiger partial charge in [-0.1, -0.05) is 18.6 Å². The second-order valence-electron chi connectivity index (χ2n) is 4.92. The smallest absolute Gasteiger partial charge is 0.379 e. The van der Waals surface area contributed by atoms with Crippen molar-refractivity contribution in [2.24, 2.45) is 0 Å². The molecule has 20 heavy (non-hydrogen) atoms. The maximum atomic E-state index is 12.0. The predicted octanol–water partition coefficient (Wildman–Crippen LogP) is 3.14. The third-order valence-electron chi connectivity index (χ3n) is 3.44. The summed E-state index contributed by atoms with van der Waals surface area (Å²) in [6.45, 7) is 1.87. The van der Waals surface area contributed by atoms with Gasteiger partial charge in [-0.05, 0) is 44.7 Å². The van der Waals surface area contributed by atoms with Crippen molar-refractivity contribution in [3.8, 4) is 5.75 Å². The van der Waals surface area contributed by atoms with Gasteiger partial charge in [0.2, 0.25) is 0 Å². The zero-order valence-corrected chi connectivity index (χ0v) is 11.8. The Kier molecular flexibility index (Phi) is 5.16. The van der Waals surface area contributed by atoms with Gasteiger partial charge < -0.3 is 9.47 Å². The van der Waals surface area contributed by atoms with Gasteiger partial charge in [0.05, 0.1) is 18.3 Å². The highest BCUT2D eigenvalue weighted by atomic mass is 16.5. The van der Waals surface area contributed by atoms with Gasteiger partial charge in [0.1, 0.15) is 5.75 Å². The number of carbonyl (C=O) groups is 2. The minimum atomic E-state index is -0.827. The van der Waals surface area contributed by atoms with Gasteiger partial charge in [-0.15, -0.1) is 0 Å². The van der Waals surface area contributed by atoms with E-state index in [1.807, 2.05) is 0 Å². The Morgan fingerprint density at radius 3 is 2.55 bits per heavy atom. The van der Waals surface area contributed by atoms with E-state index in [-0.39, 0.29) is 18.3 Å². The van der Waals surface area contributed by atoms with Crippen molar-refractivity contribution in [3.05, 3.63) is 29.8 Å². The molecular weight excluding hydrogens is 256 g/mol. The van der Waals surface area contributed by atoms with E-state index in [1.165, 1.54) is 6.42 Å². The summed E-state index contributed by atoms with van der Waals surface area (Å²) in [5.74, 6) is -0.983. The van der Waals surface area contributed by atoms with E-state index in [0.717, 1.165) is 25.7 Å². The third kappa shape index (κ3) is 3.59. The number of ether oxygens (including phenoxy) is 2. The van der Waals surface area contributed by atoms with Crippen molar-refractivity contribution in [2.75, 3.05) is 6.61 Å². The van der Waals surface area contributed by atoms with Crippen LogP contribution >= 0.6 is 0 Å². The van der Waals surface area contributed by atoms with Crippen molar-refractivity contribution in [3.63, 3.8) is 0 Å². The molecule has 0 saturated heterocycles. The first-order valence-electron chi connectivity index (χ1n) is 7.19. The Hall–Kier alpha value is -1.84. The number of para-hydroxylation sites is 1. The van der Waals surface area contributed by atoms with Crippen LogP contribution in [0.15, 0.2) is 24.3 Å². The van der Waals surface area contributed by atoms with E-state index in [2.05, 4.69) is 0 Å². The molecule has 0 aromatic heterocycles. The lowest BCUT2D eigenvalue weighted by molar-refractivity contribution is -0.137. The summed E-state index contributed by atoms with van der Waals surface area (Å²) in [5, 5.41) is 0. The average molecular weight is 276 g/mol. The average Bonchev–Trinajstić information content (AvgIpc) is 2.48. The Morgan fingerprint density at radius 1 is 1.15 bits per heavy atom. The normalized spacial score (nSPS) is 15.7. The van der Waals surface area contributed by atoms with Crippen LogP contribution in [0, 0.1) is 0 Å². The molecule has 1 aromatic rings. The molecule has 4 heteroatoms. The molecule has 0 heterocycles. The maximum absolute atomic E-state index is 12.0. The molecule has 0 atom stereocenters. The molecule has 1 saturated carbocycles. The number of hydrogen-bond acceptors (Lipinski definition) is 4. The molecule has 0 unspecified atom stereocenters. The topological polar surface area (TPSA) is 52.6 Å². The molecule has 0 amide bonds. The molecule has 108 valence electrons. The first-order chi connectivity index (χ1) is 9.72. The van der Waals surface area contributed by atoms with Gasteiger partial charge in [0.15, 0.2) is 0 Å². The van der Waals surface area contributed by atoms with Crippen LogP contribution in [0.5, 0.6) is 5.75 Å². The summed E-state index contributed by atoms with van der Waals surface area (Å²) in [5.41, 5.74) is 0.288. The number of rotatable bonds is 5. The Bertz CT molecular complexity index is 475. The van der Waals surface area contributed by atoms with E-state index in [0.29, 0.717) is 5.75 Å². The maximum Gasteiger partial charge on any atom is 0.379 e. The summed E-state index contributed by atoms with van der Waals surface area (Å²) in [7, 11) is 0. The summed E-state index contributed by atoms with van der Waals surface area (Å²) < 4.78 is 10.7. The highest BCUT2D eigenvalue weighted by molar-refractivity contribution is 6.41. The van der Waals surface area contributed by atoms with Crippen LogP contribution < -0.4 is 4.74 Å². The van der Waals surface area contributed by atoms with Crippen molar-refractivity contribution < 1.29 is 19.1 Å². The van der Waals surface area contributed by atoms with E-state index < -0.39 is 11.8 Å². The second-order valence-corrected chi connectivity index (χ2v) is 4.92. The lowest BCUT2D eigenvalue weighted by Crippen LogP contribution is -2.23. The highest BCUT2D eigenvalue weighted by Gasteiger charge is 2.23. The molecule has 1 aliphatic rings. The molecule has 1 aliphatic carbocycles. The minimum absolute atomic E-state index is 0.139. The van der Waals surface area contributed by atoms with Crippen LogP contribution in [0.3, 0.4) is 0 Å². The van der Waals surface area contributed by atoms with Crippen molar-refractivity contribution >= 4 is 11.8 Å². The second kappa shape index (κ2) is 7.08. The molecule has 0 N–H and O–H groups in total. The summed E-state index contributed by atoms with van der Waals surface area (Å²) >= 11 is 0. The number of carbonyl (C=O) groups excluding carboxylic acids is 2. The highest BCUT2D eigenvalue weighted by Crippen LogP contribution is 2.26. The van der Waals surface area contributed by atoms with E-state index in [9.17, 15) is 9.59 Å². The largest absolute Gasteiger partial charge is 0.490 e. The van der Waals surface area contributed by atoms with Gasteiger partial charge in [0, 0.05) is 0 Å². The summed E-state index contributed by atoms with van der Waals surface area (Å²) in [4.78, 5) is 23.6. The van der Waals surface area contributed by atoms with Gasteiger partial charge >= 0.3 is 5.97 Å². The molecule has 1 aromatic carbocycles. The first-order valence-corrected chi connectivity index (χ1v) is 7.19. The monoisotopic (exact) mass is 276 g/mol. The molecule has 0 aliphatic heterocycles. The lowest BCUT2D eigenvalue weighted by atomic mass is 9.97. The predicted molar refractivity (Wildman–Crippen MR) is 74.9 cm³/mol. The van der Waals surface area contributed by atoms with Crippen LogP contribution in [0.4, 0.5) is 0 Å². The summed E-state index contributed by atoms with van der Waals surface area (Å²) in [6.07, 6.45) is 5.68. The number of ketones is 1. The number of hydrogen-bond donors (Lipinski definition) is 0. The fraction of sp³-hybridized carbons (Fsp3) is 0.500. The molecule has 0 spiro atoms. The molecule has 2 rings (SSSR count). The van der Waals surface area contributed by atoms with Crippen LogP contribution in [0.25, 0.3) is 0 Å². The van der Waals surface area contributed by atoms with Crippen molar-refractivity contribution in [2.45, 2.75) is 45.1 Å². The van der Waals surface area contributed by atoms with E-state index in [1.54, 1.807) is 31.2 Å². The number of benzene rings is 1. The molecule has 4 nitrogen and oxygen atoms in total. The molecule has 0 bridgehead atoms. The van der Waals surface area contributed by atoms with E-state index >= 15 is 0 Å². The van der Waals surface area contributed by atoms with Gasteiger partial charge in [-0.3, -0.25) is 4.79 Å². The van der Waals surface area contributed by atoms with Crippen molar-refractivity contribution in [1.29, 1.82) is 0 Å². The molecule has 0 radical (unpaired) electrons. The van der Waals surface area contributed by atoms with Crippen molar-refractivity contribution in [1.82, 2.24) is 0 Å². The zero-order valence-electron chi connectivity index (χ0n) is 11.8. The standard InChI is InChI=1S/C16H20O4/c1-2-19-16(18)15(17)13-10-6-7-11-14(13)20-12-8-4-3-5-9-12/h6-7,10-12H,2-5,8-9H2,1H3. The number of Topliss-reactive ketones (excluding diaryl/α,β-unsaturated/α-hetero) is 1. The lowest BCUT2D eigenvalue weighted by Gasteiger charge is -2.23. The Morgan fingerprint density at radius 2 is 1.85 bits per heavy atom. The van der Waals surface area contributed by atoms with Gasteiger partial charge in [-0.25, -0.2) is 4.79 Å².